The van der Waals surface area contributed by atoms with E-state index in [2.05, 4.69) is 34.0 Å². The minimum Gasteiger partial charge on any atom is -0.244 e. The van der Waals surface area contributed by atoms with Crippen molar-refractivity contribution < 1.29 is 0 Å². The van der Waals surface area contributed by atoms with Gasteiger partial charge in [0.25, 0.3) is 0 Å². The van der Waals surface area contributed by atoms with Crippen molar-refractivity contribution >= 4 is 11.7 Å². The van der Waals surface area contributed by atoms with E-state index in [4.69, 9.17) is 0 Å². The highest BCUT2D eigenvalue weighted by atomic mass is 15.2. The second kappa shape index (κ2) is 3.27. The number of aromatic amines is 1. The highest BCUT2D eigenvalue weighted by Gasteiger charge is 1.98. The van der Waals surface area contributed by atoms with E-state index in [1.165, 1.54) is 6.33 Å². The molecule has 4 nitrogen and oxygen atoms in total. The molecule has 60 valence electrons. The van der Waals surface area contributed by atoms with Crippen molar-refractivity contribution in [1.29, 1.82) is 0 Å². The van der Waals surface area contributed by atoms with Crippen LogP contribution in [0.25, 0.3) is 0 Å². The summed E-state index contributed by atoms with van der Waals surface area (Å²) in [7, 11) is 0. The third-order valence-electron chi connectivity index (χ3n) is 1.52. The first-order chi connectivity index (χ1) is 5.20. The van der Waals surface area contributed by atoms with Crippen LogP contribution in [0.1, 0.15) is 20.8 Å². The normalized spacial score (nSPS) is 12.5. The Morgan fingerprint density at radius 2 is 2.36 bits per heavy atom. The van der Waals surface area contributed by atoms with Gasteiger partial charge in [-0.2, -0.15) is 10.1 Å². The van der Waals surface area contributed by atoms with Crippen LogP contribution in [0.2, 0.25) is 0 Å². The molecule has 0 saturated carbocycles. The van der Waals surface area contributed by atoms with Crippen LogP contribution >= 0.6 is 0 Å². The average Bonchev–Trinajstić information content (AvgIpc) is 2.39. The van der Waals surface area contributed by atoms with E-state index >= 15 is 0 Å². The maximum Gasteiger partial charge on any atom is 0.244 e. The van der Waals surface area contributed by atoms with Crippen molar-refractivity contribution in [2.75, 3.05) is 0 Å². The first-order valence-corrected chi connectivity index (χ1v) is 3.60. The molecule has 1 aromatic heterocycles. The second-order valence-electron chi connectivity index (χ2n) is 2.72. The standard InChI is InChI=1S/C7H12N4/c1-5(2)6(3)10-7-8-4-9-11-7/h4-5H,1-3H3,(H,8,9,11). The lowest BCUT2D eigenvalue weighted by atomic mass is 10.1. The molecular formula is C7H12N4. The molecule has 1 N–H and O–H groups in total. The van der Waals surface area contributed by atoms with E-state index in [1.54, 1.807) is 0 Å². The molecule has 0 spiro atoms. The molecule has 1 heterocycles. The van der Waals surface area contributed by atoms with Crippen LogP contribution in [0.5, 0.6) is 0 Å². The fraction of sp³-hybridized carbons (Fsp3) is 0.571. The summed E-state index contributed by atoms with van der Waals surface area (Å²) < 4.78 is 0. The summed E-state index contributed by atoms with van der Waals surface area (Å²) in [5.74, 6) is 1.04. The number of hydrogen-bond donors (Lipinski definition) is 1. The minimum atomic E-state index is 0.458. The van der Waals surface area contributed by atoms with Crippen molar-refractivity contribution in [2.24, 2.45) is 10.9 Å². The summed E-state index contributed by atoms with van der Waals surface area (Å²) in [6, 6.07) is 0. The lowest BCUT2D eigenvalue weighted by molar-refractivity contribution is 0.875. The molecule has 0 aromatic carbocycles. The highest BCUT2D eigenvalue weighted by molar-refractivity contribution is 5.85. The number of aliphatic imine (C=N–C) groups is 1. The van der Waals surface area contributed by atoms with Gasteiger partial charge in [0.15, 0.2) is 0 Å². The zero-order chi connectivity index (χ0) is 8.27. The Kier molecular flexibility index (Phi) is 2.36. The van der Waals surface area contributed by atoms with Crippen molar-refractivity contribution in [2.45, 2.75) is 20.8 Å². The largest absolute Gasteiger partial charge is 0.244 e. The lowest BCUT2D eigenvalue weighted by Gasteiger charge is -2.00. The maximum absolute atomic E-state index is 4.21. The Morgan fingerprint density at radius 1 is 1.64 bits per heavy atom. The van der Waals surface area contributed by atoms with Gasteiger partial charge in [0, 0.05) is 5.71 Å². The molecule has 0 aliphatic rings. The number of hydrogen-bond acceptors (Lipinski definition) is 3. The van der Waals surface area contributed by atoms with Gasteiger partial charge in [-0.15, -0.1) is 0 Å². The van der Waals surface area contributed by atoms with Gasteiger partial charge in [0.05, 0.1) is 0 Å². The average molecular weight is 152 g/mol. The summed E-state index contributed by atoms with van der Waals surface area (Å²) in [6.45, 7) is 6.16. The number of nitrogens with zero attached hydrogens (tertiary/aromatic N) is 3. The van der Waals surface area contributed by atoms with Gasteiger partial charge in [-0.1, -0.05) is 13.8 Å². The van der Waals surface area contributed by atoms with E-state index in [0.29, 0.717) is 11.9 Å². The van der Waals surface area contributed by atoms with Crippen LogP contribution in [0, 0.1) is 5.92 Å². The molecule has 0 bridgehead atoms. The van der Waals surface area contributed by atoms with Gasteiger partial charge >= 0.3 is 0 Å². The number of nitrogens with one attached hydrogen (secondary N) is 1. The predicted molar refractivity (Wildman–Crippen MR) is 44.0 cm³/mol. The van der Waals surface area contributed by atoms with Crippen molar-refractivity contribution in [3.63, 3.8) is 0 Å². The Balaban J connectivity index is 2.74. The molecule has 0 amide bonds. The number of rotatable bonds is 2. The van der Waals surface area contributed by atoms with Crippen molar-refractivity contribution in [3.8, 4) is 0 Å². The molecule has 0 aliphatic carbocycles. The fourth-order valence-corrected chi connectivity index (χ4v) is 0.549. The summed E-state index contributed by atoms with van der Waals surface area (Å²) in [6.07, 6.45) is 1.45. The predicted octanol–water partition coefficient (Wildman–Crippen LogP) is 1.55. The zero-order valence-corrected chi connectivity index (χ0v) is 7.00. The van der Waals surface area contributed by atoms with E-state index in [9.17, 15) is 0 Å². The highest BCUT2D eigenvalue weighted by Crippen LogP contribution is 2.04. The molecule has 1 aromatic rings. The Hall–Kier alpha value is -1.19. The third kappa shape index (κ3) is 2.14. The molecule has 1 rings (SSSR count). The van der Waals surface area contributed by atoms with E-state index in [0.717, 1.165) is 5.71 Å². The van der Waals surface area contributed by atoms with Crippen LogP contribution < -0.4 is 0 Å². The Bertz CT molecular complexity index is 235. The van der Waals surface area contributed by atoms with Gasteiger partial charge in [-0.3, -0.25) is 0 Å². The SMILES string of the molecule is CC(=Nc1ncn[nH]1)C(C)C. The summed E-state index contributed by atoms with van der Waals surface area (Å²) in [4.78, 5) is 8.09. The van der Waals surface area contributed by atoms with Crippen molar-refractivity contribution in [3.05, 3.63) is 6.33 Å². The zero-order valence-electron chi connectivity index (χ0n) is 7.00. The first kappa shape index (κ1) is 7.91. The molecule has 0 unspecified atom stereocenters. The van der Waals surface area contributed by atoms with E-state index in [-0.39, 0.29) is 0 Å². The van der Waals surface area contributed by atoms with E-state index < -0.39 is 0 Å². The summed E-state index contributed by atoms with van der Waals surface area (Å²) >= 11 is 0. The van der Waals surface area contributed by atoms with Crippen LogP contribution in [0.15, 0.2) is 11.3 Å². The molecule has 0 fully saturated rings. The van der Waals surface area contributed by atoms with Gasteiger partial charge in [0.1, 0.15) is 6.33 Å². The van der Waals surface area contributed by atoms with Gasteiger partial charge in [0.2, 0.25) is 5.95 Å². The molecule has 0 aliphatic heterocycles. The topological polar surface area (TPSA) is 53.9 Å². The van der Waals surface area contributed by atoms with Crippen LogP contribution in [0.4, 0.5) is 5.95 Å². The number of aromatic nitrogens is 3. The van der Waals surface area contributed by atoms with Gasteiger partial charge in [-0.25, -0.2) is 10.1 Å². The fourth-order valence-electron chi connectivity index (χ4n) is 0.549. The smallest absolute Gasteiger partial charge is 0.244 e. The monoisotopic (exact) mass is 152 g/mol. The van der Waals surface area contributed by atoms with Gasteiger partial charge < -0.3 is 0 Å². The Labute approximate surface area is 65.8 Å². The molecule has 0 saturated heterocycles. The van der Waals surface area contributed by atoms with Crippen LogP contribution in [-0.4, -0.2) is 20.9 Å². The summed E-state index contributed by atoms with van der Waals surface area (Å²) in [5, 5.41) is 6.37. The first-order valence-electron chi connectivity index (χ1n) is 3.60. The van der Waals surface area contributed by atoms with Crippen LogP contribution in [0.3, 0.4) is 0 Å². The summed E-state index contributed by atoms with van der Waals surface area (Å²) in [5.41, 5.74) is 1.06. The second-order valence-corrected chi connectivity index (χ2v) is 2.72. The van der Waals surface area contributed by atoms with Crippen LogP contribution in [-0.2, 0) is 0 Å². The van der Waals surface area contributed by atoms with E-state index in [1.807, 2.05) is 6.92 Å². The minimum absolute atomic E-state index is 0.458. The lowest BCUT2D eigenvalue weighted by Crippen LogP contribution is -2.00. The molecule has 0 atom stereocenters. The maximum atomic E-state index is 4.21. The third-order valence-corrected chi connectivity index (χ3v) is 1.52. The molecule has 4 heteroatoms. The molecule has 11 heavy (non-hydrogen) atoms. The number of H-pyrrole nitrogens is 1. The Morgan fingerprint density at radius 3 is 2.82 bits per heavy atom. The molecule has 0 radical (unpaired) electrons. The van der Waals surface area contributed by atoms with Gasteiger partial charge in [-0.05, 0) is 12.8 Å². The molecular weight excluding hydrogens is 140 g/mol. The van der Waals surface area contributed by atoms with Crippen molar-refractivity contribution in [1.82, 2.24) is 15.2 Å². The quantitative estimate of drug-likeness (QED) is 0.654.